The highest BCUT2D eigenvalue weighted by Gasteiger charge is 2.39. The Morgan fingerprint density at radius 2 is 2.04 bits per heavy atom. The van der Waals surface area contributed by atoms with Crippen molar-refractivity contribution in [2.24, 2.45) is 5.92 Å². The summed E-state index contributed by atoms with van der Waals surface area (Å²) >= 11 is 7.15. The van der Waals surface area contributed by atoms with Crippen molar-refractivity contribution < 1.29 is 14.3 Å². The number of carbonyl (C=O) groups excluding carboxylic acids is 2. The van der Waals surface area contributed by atoms with E-state index >= 15 is 0 Å². The van der Waals surface area contributed by atoms with Crippen molar-refractivity contribution in [2.75, 3.05) is 18.5 Å². The molecule has 7 nitrogen and oxygen atoms in total. The van der Waals surface area contributed by atoms with Crippen LogP contribution in [0.4, 0.5) is 5.13 Å². The minimum Gasteiger partial charge on any atom is -0.493 e. The average Bonchev–Trinajstić information content (AvgIpc) is 3.23. The molecule has 1 fully saturated rings. The van der Waals surface area contributed by atoms with Crippen LogP contribution in [0, 0.1) is 5.92 Å². The third-order valence-corrected chi connectivity index (χ3v) is 5.55. The van der Waals surface area contributed by atoms with Crippen LogP contribution in [0.2, 0.25) is 5.02 Å². The zero-order chi connectivity index (χ0) is 20.3. The summed E-state index contributed by atoms with van der Waals surface area (Å²) in [5, 5.41) is 12.7. The molecule has 1 aromatic carbocycles. The molecule has 2 aromatic rings. The number of nitrogens with one attached hydrogen (secondary N) is 1. The highest BCUT2D eigenvalue weighted by Crippen LogP contribution is 2.27. The van der Waals surface area contributed by atoms with Crippen LogP contribution in [0.15, 0.2) is 24.3 Å². The summed E-state index contributed by atoms with van der Waals surface area (Å²) in [4.78, 5) is 26.4. The van der Waals surface area contributed by atoms with Crippen LogP contribution in [-0.2, 0) is 16.0 Å². The smallest absolute Gasteiger partial charge is 0.231 e. The summed E-state index contributed by atoms with van der Waals surface area (Å²) < 4.78 is 5.64. The lowest BCUT2D eigenvalue weighted by atomic mass is 10.1. The molecule has 1 atom stereocenters. The molecule has 0 aliphatic carbocycles. The van der Waals surface area contributed by atoms with E-state index in [-0.39, 0.29) is 29.7 Å². The van der Waals surface area contributed by atoms with Crippen molar-refractivity contribution in [3.63, 3.8) is 0 Å². The van der Waals surface area contributed by atoms with Gasteiger partial charge in [-0.05, 0) is 45.0 Å². The molecule has 0 saturated carbocycles. The molecule has 1 saturated heterocycles. The van der Waals surface area contributed by atoms with Gasteiger partial charge < -0.3 is 15.0 Å². The Bertz CT molecular complexity index is 848. The molecule has 1 aliphatic rings. The number of likely N-dealkylation sites (tertiary alicyclic amines) is 1. The van der Waals surface area contributed by atoms with E-state index < -0.39 is 0 Å². The van der Waals surface area contributed by atoms with E-state index in [1.54, 1.807) is 29.2 Å². The van der Waals surface area contributed by atoms with E-state index in [2.05, 4.69) is 15.5 Å². The summed E-state index contributed by atoms with van der Waals surface area (Å²) in [5.74, 6) is 0.175. The Hall–Kier alpha value is -2.19. The van der Waals surface area contributed by atoms with Gasteiger partial charge in [0.15, 0.2) is 0 Å². The number of hydrogen-bond acceptors (Lipinski definition) is 6. The van der Waals surface area contributed by atoms with Crippen LogP contribution in [0.5, 0.6) is 5.75 Å². The van der Waals surface area contributed by atoms with Crippen LogP contribution in [0.3, 0.4) is 0 Å². The first-order valence-electron chi connectivity index (χ1n) is 9.04. The molecular formula is C19H23ClN4O3S. The van der Waals surface area contributed by atoms with Gasteiger partial charge in [-0.2, -0.15) is 0 Å². The number of aromatic nitrogens is 2. The van der Waals surface area contributed by atoms with E-state index in [1.807, 2.05) is 20.8 Å². The highest BCUT2D eigenvalue weighted by molar-refractivity contribution is 7.15. The molecule has 28 heavy (non-hydrogen) atoms. The fraction of sp³-hybridized carbons (Fsp3) is 0.474. The van der Waals surface area contributed by atoms with E-state index in [9.17, 15) is 9.59 Å². The van der Waals surface area contributed by atoms with Crippen molar-refractivity contribution >= 4 is 39.9 Å². The lowest BCUT2D eigenvalue weighted by Crippen LogP contribution is -2.42. The maximum Gasteiger partial charge on any atom is 0.231 e. The minimum absolute atomic E-state index is 0.00458. The summed E-state index contributed by atoms with van der Waals surface area (Å²) in [5.41, 5.74) is -0.286. The van der Waals surface area contributed by atoms with E-state index in [1.165, 1.54) is 11.3 Å². The van der Waals surface area contributed by atoms with Gasteiger partial charge in [0.05, 0.1) is 12.5 Å². The zero-order valence-corrected chi connectivity index (χ0v) is 17.6. The van der Waals surface area contributed by atoms with Crippen molar-refractivity contribution in [1.29, 1.82) is 0 Å². The normalized spacial score (nSPS) is 17.1. The number of rotatable bonds is 6. The molecule has 1 aromatic heterocycles. The standard InChI is InChI=1S/C19H23ClN4O3S/c1-19(2,3)24-11-12(10-16(24)25)17(26)21-18-23-22-15(28-18)8-9-27-14-6-4-13(20)5-7-14/h4-7,12H,8-11H2,1-3H3,(H,21,23,26)/t12-/m0/s1. The second kappa shape index (κ2) is 8.45. The number of nitrogens with zero attached hydrogens (tertiary/aromatic N) is 3. The van der Waals surface area contributed by atoms with Gasteiger partial charge in [0.25, 0.3) is 0 Å². The van der Waals surface area contributed by atoms with Gasteiger partial charge in [0, 0.05) is 29.9 Å². The second-order valence-electron chi connectivity index (χ2n) is 7.62. The minimum atomic E-state index is -0.368. The van der Waals surface area contributed by atoms with E-state index in [0.717, 1.165) is 10.8 Å². The first-order valence-corrected chi connectivity index (χ1v) is 10.2. The maximum absolute atomic E-state index is 12.5. The van der Waals surface area contributed by atoms with Crippen LogP contribution < -0.4 is 10.1 Å². The number of anilines is 1. The third-order valence-electron chi connectivity index (χ3n) is 4.40. The topological polar surface area (TPSA) is 84.4 Å². The number of hydrogen-bond donors (Lipinski definition) is 1. The lowest BCUT2D eigenvalue weighted by molar-refractivity contribution is -0.131. The van der Waals surface area contributed by atoms with Gasteiger partial charge in [-0.25, -0.2) is 0 Å². The molecule has 1 N–H and O–H groups in total. The van der Waals surface area contributed by atoms with Crippen LogP contribution in [-0.4, -0.2) is 45.6 Å². The summed E-state index contributed by atoms with van der Waals surface area (Å²) in [6.07, 6.45) is 0.805. The summed E-state index contributed by atoms with van der Waals surface area (Å²) in [6.45, 7) is 6.77. The van der Waals surface area contributed by atoms with Gasteiger partial charge in [-0.1, -0.05) is 22.9 Å². The Kier molecular flexibility index (Phi) is 6.20. The monoisotopic (exact) mass is 422 g/mol. The second-order valence-corrected chi connectivity index (χ2v) is 9.12. The molecule has 1 aliphatic heterocycles. The molecule has 0 bridgehead atoms. The molecule has 2 amide bonds. The zero-order valence-electron chi connectivity index (χ0n) is 16.1. The highest BCUT2D eigenvalue weighted by atomic mass is 35.5. The number of halogens is 1. The Labute approximate surface area is 173 Å². The van der Waals surface area contributed by atoms with Crippen LogP contribution >= 0.6 is 22.9 Å². The molecular weight excluding hydrogens is 400 g/mol. The van der Waals surface area contributed by atoms with Crippen molar-refractivity contribution in [3.05, 3.63) is 34.3 Å². The molecule has 9 heteroatoms. The molecule has 2 heterocycles. The Morgan fingerprint density at radius 3 is 2.68 bits per heavy atom. The average molecular weight is 423 g/mol. The molecule has 0 spiro atoms. The SMILES string of the molecule is CC(C)(C)N1C[C@@H](C(=O)Nc2nnc(CCOc3ccc(Cl)cc3)s2)CC1=O. The molecule has 150 valence electrons. The predicted octanol–water partition coefficient (Wildman–Crippen LogP) is 3.40. The largest absolute Gasteiger partial charge is 0.493 e. The molecule has 3 rings (SSSR count). The Balaban J connectivity index is 1.48. The predicted molar refractivity (Wildman–Crippen MR) is 109 cm³/mol. The number of carbonyl (C=O) groups is 2. The number of amides is 2. The van der Waals surface area contributed by atoms with Crippen molar-refractivity contribution in [2.45, 2.75) is 39.2 Å². The number of ether oxygens (including phenoxy) is 1. The first kappa shape index (κ1) is 20.5. The lowest BCUT2D eigenvalue weighted by Gasteiger charge is -2.31. The van der Waals surface area contributed by atoms with Crippen molar-refractivity contribution in [3.8, 4) is 5.75 Å². The van der Waals surface area contributed by atoms with Gasteiger partial charge >= 0.3 is 0 Å². The Morgan fingerprint density at radius 1 is 1.32 bits per heavy atom. The summed E-state index contributed by atoms with van der Waals surface area (Å²) in [7, 11) is 0. The van der Waals surface area contributed by atoms with Crippen LogP contribution in [0.25, 0.3) is 0 Å². The summed E-state index contributed by atoms with van der Waals surface area (Å²) in [6, 6.07) is 7.14. The number of benzene rings is 1. The first-order chi connectivity index (χ1) is 13.2. The fourth-order valence-corrected chi connectivity index (χ4v) is 3.78. The molecule has 0 unspecified atom stereocenters. The van der Waals surface area contributed by atoms with E-state index in [4.69, 9.17) is 16.3 Å². The van der Waals surface area contributed by atoms with Gasteiger partial charge in [-0.3, -0.25) is 9.59 Å². The maximum atomic E-state index is 12.5. The van der Waals surface area contributed by atoms with Crippen LogP contribution in [0.1, 0.15) is 32.2 Å². The van der Waals surface area contributed by atoms with Gasteiger partial charge in [-0.15, -0.1) is 10.2 Å². The van der Waals surface area contributed by atoms with Gasteiger partial charge in [0.1, 0.15) is 10.8 Å². The molecule has 0 radical (unpaired) electrons. The third kappa shape index (κ3) is 5.20. The van der Waals surface area contributed by atoms with Crippen molar-refractivity contribution in [1.82, 2.24) is 15.1 Å². The fourth-order valence-electron chi connectivity index (χ4n) is 2.93. The quantitative estimate of drug-likeness (QED) is 0.771. The van der Waals surface area contributed by atoms with Gasteiger partial charge in [0.2, 0.25) is 16.9 Å². The van der Waals surface area contributed by atoms with E-state index in [0.29, 0.717) is 29.7 Å².